The van der Waals surface area contributed by atoms with Crippen LogP contribution in [-0.2, 0) is 33.4 Å². The normalized spacial score (nSPS) is 12.7. The third-order valence-corrected chi connectivity index (χ3v) is 8.92. The lowest BCUT2D eigenvalue weighted by Gasteiger charge is -2.17. The smallest absolute Gasteiger partial charge is 0.305 e. The van der Waals surface area contributed by atoms with Gasteiger partial charge in [0.15, 0.2) is 0 Å². The van der Waals surface area contributed by atoms with E-state index in [4.69, 9.17) is 13.7 Å². The topological polar surface area (TPSA) is 96.0 Å². The van der Waals surface area contributed by atoms with Gasteiger partial charge in [-0.3, -0.25) is 13.8 Å². The van der Waals surface area contributed by atoms with Gasteiger partial charge in [0.25, 0.3) is 10.1 Å². The van der Waals surface area contributed by atoms with E-state index in [1.54, 1.807) is 0 Å². The van der Waals surface area contributed by atoms with E-state index in [1.807, 2.05) is 0 Å². The van der Waals surface area contributed by atoms with Crippen LogP contribution in [0.4, 0.5) is 0 Å². The SMILES string of the molecule is CC/C=C\C/C=C\C/C=C\CCCCCCCC(=O)OCC(CCCCOS(C)(=O)=O)COC(=O)CCCCCCC/C=C\C/C=C\C/C=C\CC. The highest BCUT2D eigenvalue weighted by Crippen LogP contribution is 2.15. The highest BCUT2D eigenvalue weighted by atomic mass is 32.2. The van der Waals surface area contributed by atoms with E-state index in [0.717, 1.165) is 122 Å². The minimum atomic E-state index is -3.47. The number of allylic oxidation sites excluding steroid dienone is 12. The molecular weight excluding hydrogens is 673 g/mol. The Balaban J connectivity index is 4.19. The molecule has 0 aliphatic carbocycles. The lowest BCUT2D eigenvalue weighted by Crippen LogP contribution is -2.21. The Morgan fingerprint density at radius 2 is 0.885 bits per heavy atom. The van der Waals surface area contributed by atoms with E-state index in [1.165, 1.54) is 0 Å². The molecular formula is C44H74O7S. The molecule has 0 saturated heterocycles. The highest BCUT2D eigenvalue weighted by Gasteiger charge is 2.15. The first-order valence-corrected chi connectivity index (χ1v) is 22.2. The lowest BCUT2D eigenvalue weighted by atomic mass is 10.0. The lowest BCUT2D eigenvalue weighted by molar-refractivity contribution is -0.149. The fourth-order valence-corrected chi connectivity index (χ4v) is 5.72. The van der Waals surface area contributed by atoms with Crippen molar-refractivity contribution >= 4 is 22.1 Å². The van der Waals surface area contributed by atoms with Crippen molar-refractivity contribution < 1.29 is 31.7 Å². The molecule has 0 aromatic heterocycles. The van der Waals surface area contributed by atoms with E-state index in [9.17, 15) is 18.0 Å². The van der Waals surface area contributed by atoms with Gasteiger partial charge in [0.1, 0.15) is 0 Å². The summed E-state index contributed by atoms with van der Waals surface area (Å²) >= 11 is 0. The summed E-state index contributed by atoms with van der Waals surface area (Å²) in [5.41, 5.74) is 0. The van der Waals surface area contributed by atoms with Crippen molar-refractivity contribution in [2.45, 2.75) is 162 Å². The monoisotopic (exact) mass is 747 g/mol. The first kappa shape index (κ1) is 49.3. The van der Waals surface area contributed by atoms with E-state index in [0.29, 0.717) is 32.1 Å². The van der Waals surface area contributed by atoms with Crippen molar-refractivity contribution in [1.29, 1.82) is 0 Å². The quantitative estimate of drug-likeness (QED) is 0.0272. The van der Waals surface area contributed by atoms with E-state index >= 15 is 0 Å². The molecule has 0 radical (unpaired) electrons. The van der Waals surface area contributed by atoms with Gasteiger partial charge in [-0.15, -0.1) is 0 Å². The van der Waals surface area contributed by atoms with Gasteiger partial charge in [0.05, 0.1) is 26.1 Å². The Bertz CT molecular complexity index is 1060. The van der Waals surface area contributed by atoms with Gasteiger partial charge in [-0.2, -0.15) is 8.42 Å². The zero-order chi connectivity index (χ0) is 38.2. The number of carbonyl (C=O) groups excluding carboxylic acids is 2. The molecule has 0 aliphatic heterocycles. The first-order chi connectivity index (χ1) is 25.3. The van der Waals surface area contributed by atoms with Crippen molar-refractivity contribution in [3.05, 3.63) is 72.9 Å². The average molecular weight is 747 g/mol. The van der Waals surface area contributed by atoms with Crippen molar-refractivity contribution in [3.63, 3.8) is 0 Å². The third-order valence-electron chi connectivity index (χ3n) is 8.33. The summed E-state index contributed by atoms with van der Waals surface area (Å²) in [5, 5.41) is 0. The van der Waals surface area contributed by atoms with Crippen LogP contribution in [0.5, 0.6) is 0 Å². The molecule has 0 bridgehead atoms. The summed E-state index contributed by atoms with van der Waals surface area (Å²) in [4.78, 5) is 24.9. The van der Waals surface area contributed by atoms with Gasteiger partial charge in [-0.25, -0.2) is 0 Å². The molecule has 52 heavy (non-hydrogen) atoms. The van der Waals surface area contributed by atoms with Crippen LogP contribution in [0, 0.1) is 5.92 Å². The van der Waals surface area contributed by atoms with Gasteiger partial charge >= 0.3 is 11.9 Å². The number of esters is 2. The minimum Gasteiger partial charge on any atom is -0.465 e. The molecule has 0 saturated carbocycles. The second-order valence-corrected chi connectivity index (χ2v) is 15.1. The molecule has 0 spiro atoms. The van der Waals surface area contributed by atoms with Crippen LogP contribution in [0.25, 0.3) is 0 Å². The number of rotatable bonds is 36. The third kappa shape index (κ3) is 40.1. The maximum absolute atomic E-state index is 12.4. The summed E-state index contributed by atoms with van der Waals surface area (Å²) in [6.45, 7) is 4.78. The summed E-state index contributed by atoms with van der Waals surface area (Å²) in [7, 11) is -3.47. The molecule has 0 aromatic carbocycles. The fourth-order valence-electron chi connectivity index (χ4n) is 5.30. The summed E-state index contributed by atoms with van der Waals surface area (Å²) in [6, 6.07) is 0. The summed E-state index contributed by atoms with van der Waals surface area (Å²) in [5.74, 6) is -0.574. The molecule has 0 atom stereocenters. The molecule has 0 unspecified atom stereocenters. The predicted molar refractivity (Wildman–Crippen MR) is 219 cm³/mol. The van der Waals surface area contributed by atoms with Gasteiger partial charge in [-0.05, 0) is 89.9 Å². The predicted octanol–water partition coefficient (Wildman–Crippen LogP) is 12.0. The molecule has 298 valence electrons. The standard InChI is InChI=1S/C44H74O7S/c1-4-6-8-10-12-14-16-18-20-22-24-26-28-30-32-37-43(45)49-40-42(36-34-35-39-51-52(3,47)48)41-50-44(46)38-33-31-29-27-25-23-21-19-17-15-13-11-9-7-5-2/h6-9,12-15,18-21,42H,4-5,10-11,16-17,22-41H2,1-3H3/b8-6-,9-7-,14-12-,15-13-,20-18-,21-19-. The summed E-state index contributed by atoms with van der Waals surface area (Å²) in [6.07, 6.45) is 49.0. The van der Waals surface area contributed by atoms with Crippen LogP contribution >= 0.6 is 0 Å². The first-order valence-electron chi connectivity index (χ1n) is 20.3. The van der Waals surface area contributed by atoms with Gasteiger partial charge in [0.2, 0.25) is 0 Å². The largest absolute Gasteiger partial charge is 0.465 e. The molecule has 0 rings (SSSR count). The Kier molecular flexibility index (Phi) is 36.0. The molecule has 8 heteroatoms. The summed E-state index contributed by atoms with van der Waals surface area (Å²) < 4.78 is 38.4. The number of hydrogen-bond acceptors (Lipinski definition) is 7. The van der Waals surface area contributed by atoms with E-state index < -0.39 is 10.1 Å². The minimum absolute atomic E-state index is 0.112. The number of carbonyl (C=O) groups is 2. The van der Waals surface area contributed by atoms with Crippen LogP contribution in [0.15, 0.2) is 72.9 Å². The maximum atomic E-state index is 12.4. The van der Waals surface area contributed by atoms with Crippen molar-refractivity contribution in [3.8, 4) is 0 Å². The average Bonchev–Trinajstić information content (AvgIpc) is 3.11. The zero-order valence-electron chi connectivity index (χ0n) is 33.2. The van der Waals surface area contributed by atoms with Crippen molar-refractivity contribution in [2.24, 2.45) is 5.92 Å². The van der Waals surface area contributed by atoms with E-state index in [2.05, 4.69) is 86.8 Å². The molecule has 0 fully saturated rings. The van der Waals surface area contributed by atoms with Crippen LogP contribution in [0.1, 0.15) is 162 Å². The van der Waals surface area contributed by atoms with E-state index in [-0.39, 0.29) is 37.7 Å². The molecule has 0 heterocycles. The van der Waals surface area contributed by atoms with Gasteiger partial charge in [-0.1, -0.05) is 132 Å². The highest BCUT2D eigenvalue weighted by molar-refractivity contribution is 7.85. The second kappa shape index (κ2) is 38.0. The molecule has 0 aromatic rings. The van der Waals surface area contributed by atoms with Gasteiger partial charge < -0.3 is 9.47 Å². The van der Waals surface area contributed by atoms with Crippen LogP contribution in [0.3, 0.4) is 0 Å². The van der Waals surface area contributed by atoms with Crippen molar-refractivity contribution in [2.75, 3.05) is 26.1 Å². The fraction of sp³-hybridized carbons (Fsp3) is 0.682. The zero-order valence-corrected chi connectivity index (χ0v) is 34.0. The Hall–Kier alpha value is -2.71. The van der Waals surface area contributed by atoms with Crippen LogP contribution < -0.4 is 0 Å². The second-order valence-electron chi connectivity index (χ2n) is 13.5. The van der Waals surface area contributed by atoms with Gasteiger partial charge in [0, 0.05) is 18.8 Å². The van der Waals surface area contributed by atoms with Crippen LogP contribution in [-0.4, -0.2) is 46.4 Å². The Morgan fingerprint density at radius 3 is 1.31 bits per heavy atom. The Morgan fingerprint density at radius 1 is 0.500 bits per heavy atom. The molecule has 7 nitrogen and oxygen atoms in total. The number of ether oxygens (including phenoxy) is 2. The van der Waals surface area contributed by atoms with Crippen molar-refractivity contribution in [1.82, 2.24) is 0 Å². The number of hydrogen-bond donors (Lipinski definition) is 0. The molecule has 0 aliphatic rings. The molecule has 0 N–H and O–H groups in total. The maximum Gasteiger partial charge on any atom is 0.305 e. The number of unbranched alkanes of at least 4 members (excludes halogenated alkanes) is 11. The van der Waals surface area contributed by atoms with Crippen LogP contribution in [0.2, 0.25) is 0 Å². The molecule has 0 amide bonds. The Labute approximate surface area is 319 Å².